The van der Waals surface area contributed by atoms with Crippen molar-refractivity contribution in [3.63, 3.8) is 0 Å². The van der Waals surface area contributed by atoms with Gasteiger partial charge in [-0.1, -0.05) is 11.8 Å². The van der Waals surface area contributed by atoms with Gasteiger partial charge < -0.3 is 19.4 Å². The van der Waals surface area contributed by atoms with E-state index in [2.05, 4.69) is 27.0 Å². The minimum absolute atomic E-state index is 0.0586. The first kappa shape index (κ1) is 30.3. The molecule has 1 saturated heterocycles. The van der Waals surface area contributed by atoms with E-state index in [0.29, 0.717) is 49.9 Å². The SMILES string of the molecule is CCOc1cncc(C#Cc2cc(C(=O)N3CCN(c4ccc(C(=O)N(CC)CC)nn4)CC3)cc(C(F)(F)F)c2)c1. The molecule has 42 heavy (non-hydrogen) atoms. The Bertz CT molecular complexity index is 1470. The first-order valence-electron chi connectivity index (χ1n) is 13.6. The van der Waals surface area contributed by atoms with E-state index in [-0.39, 0.29) is 35.8 Å². The number of benzene rings is 1. The van der Waals surface area contributed by atoms with Crippen molar-refractivity contribution in [2.75, 3.05) is 50.8 Å². The number of hydrogen-bond donors (Lipinski definition) is 0. The van der Waals surface area contributed by atoms with Gasteiger partial charge in [-0.3, -0.25) is 14.6 Å². The van der Waals surface area contributed by atoms with Crippen molar-refractivity contribution >= 4 is 17.6 Å². The second-order valence-electron chi connectivity index (χ2n) is 9.42. The third-order valence-corrected chi connectivity index (χ3v) is 6.69. The van der Waals surface area contributed by atoms with Gasteiger partial charge in [0, 0.05) is 62.2 Å². The number of hydrogen-bond acceptors (Lipinski definition) is 7. The first-order valence-corrected chi connectivity index (χ1v) is 13.6. The van der Waals surface area contributed by atoms with Crippen molar-refractivity contribution in [1.82, 2.24) is 25.0 Å². The maximum atomic E-state index is 13.7. The molecule has 0 atom stereocenters. The Morgan fingerprint density at radius 3 is 2.26 bits per heavy atom. The molecule has 220 valence electrons. The van der Waals surface area contributed by atoms with E-state index >= 15 is 0 Å². The number of nitrogens with zero attached hydrogens (tertiary/aromatic N) is 6. The lowest BCUT2D eigenvalue weighted by Gasteiger charge is -2.35. The molecule has 3 heterocycles. The fraction of sp³-hybridized carbons (Fsp3) is 0.367. The Balaban J connectivity index is 1.48. The zero-order valence-electron chi connectivity index (χ0n) is 23.6. The van der Waals surface area contributed by atoms with Gasteiger partial charge in [0.25, 0.3) is 11.8 Å². The lowest BCUT2D eigenvalue weighted by Crippen LogP contribution is -2.49. The number of aromatic nitrogens is 3. The monoisotopic (exact) mass is 580 g/mol. The lowest BCUT2D eigenvalue weighted by atomic mass is 10.0. The topological polar surface area (TPSA) is 91.8 Å². The second-order valence-corrected chi connectivity index (χ2v) is 9.42. The number of piperazine rings is 1. The number of halogens is 3. The molecule has 0 bridgehead atoms. The maximum absolute atomic E-state index is 13.7. The fourth-order valence-corrected chi connectivity index (χ4v) is 4.47. The molecule has 1 fully saturated rings. The molecule has 2 aromatic heterocycles. The second kappa shape index (κ2) is 13.3. The third kappa shape index (κ3) is 7.34. The van der Waals surface area contributed by atoms with E-state index in [0.717, 1.165) is 12.1 Å². The van der Waals surface area contributed by atoms with Crippen molar-refractivity contribution in [2.45, 2.75) is 26.9 Å². The van der Waals surface area contributed by atoms with Crippen LogP contribution in [0.3, 0.4) is 0 Å². The molecule has 0 N–H and O–H groups in total. The molecule has 1 aliphatic heterocycles. The van der Waals surface area contributed by atoms with Crippen molar-refractivity contribution in [3.8, 4) is 17.6 Å². The van der Waals surface area contributed by atoms with Gasteiger partial charge in [0.1, 0.15) is 5.75 Å². The molecule has 12 heteroatoms. The van der Waals surface area contributed by atoms with Crippen molar-refractivity contribution < 1.29 is 27.5 Å². The van der Waals surface area contributed by atoms with Crippen LogP contribution in [0.4, 0.5) is 19.0 Å². The van der Waals surface area contributed by atoms with Gasteiger partial charge in [0.2, 0.25) is 0 Å². The highest BCUT2D eigenvalue weighted by Gasteiger charge is 2.33. The van der Waals surface area contributed by atoms with Gasteiger partial charge in [-0.05, 0) is 57.2 Å². The van der Waals surface area contributed by atoms with Gasteiger partial charge >= 0.3 is 6.18 Å². The minimum atomic E-state index is -4.65. The van der Waals surface area contributed by atoms with E-state index < -0.39 is 17.6 Å². The number of pyridine rings is 1. The molecule has 2 amide bonds. The van der Waals surface area contributed by atoms with E-state index in [1.165, 1.54) is 23.4 Å². The van der Waals surface area contributed by atoms with Gasteiger partial charge in [-0.2, -0.15) is 13.2 Å². The summed E-state index contributed by atoms with van der Waals surface area (Å²) in [6.07, 6.45) is -1.65. The van der Waals surface area contributed by atoms with Crippen LogP contribution in [0.15, 0.2) is 48.8 Å². The molecule has 1 aromatic carbocycles. The van der Waals surface area contributed by atoms with Crippen molar-refractivity contribution in [1.29, 1.82) is 0 Å². The van der Waals surface area contributed by atoms with Crippen LogP contribution >= 0.6 is 0 Å². The van der Waals surface area contributed by atoms with Gasteiger partial charge in [-0.25, -0.2) is 0 Å². The summed E-state index contributed by atoms with van der Waals surface area (Å²) in [6.45, 7) is 8.50. The van der Waals surface area contributed by atoms with Crippen molar-refractivity contribution in [2.24, 2.45) is 0 Å². The minimum Gasteiger partial charge on any atom is -0.492 e. The number of rotatable bonds is 7. The summed E-state index contributed by atoms with van der Waals surface area (Å²) in [7, 11) is 0. The quantitative estimate of drug-likeness (QED) is 0.388. The van der Waals surface area contributed by atoms with Crippen LogP contribution < -0.4 is 9.64 Å². The highest BCUT2D eigenvalue weighted by molar-refractivity contribution is 5.95. The Hall–Kier alpha value is -4.66. The van der Waals surface area contributed by atoms with Crippen LogP contribution in [0.5, 0.6) is 5.75 Å². The average molecular weight is 581 g/mol. The van der Waals surface area contributed by atoms with E-state index in [4.69, 9.17) is 4.74 Å². The molecule has 0 spiro atoms. The van der Waals surface area contributed by atoms with Crippen LogP contribution in [0, 0.1) is 11.8 Å². The summed E-state index contributed by atoms with van der Waals surface area (Å²) >= 11 is 0. The Kier molecular flexibility index (Phi) is 9.62. The Labute approximate surface area is 242 Å². The normalized spacial score (nSPS) is 13.3. The molecule has 0 radical (unpaired) electrons. The average Bonchev–Trinajstić information content (AvgIpc) is 3.00. The molecular weight excluding hydrogens is 549 g/mol. The van der Waals surface area contributed by atoms with Gasteiger partial charge in [0.05, 0.1) is 18.4 Å². The van der Waals surface area contributed by atoms with Crippen LogP contribution in [-0.2, 0) is 6.18 Å². The highest BCUT2D eigenvalue weighted by Crippen LogP contribution is 2.31. The smallest absolute Gasteiger partial charge is 0.416 e. The Morgan fingerprint density at radius 2 is 1.64 bits per heavy atom. The number of ether oxygens (including phenoxy) is 1. The van der Waals surface area contributed by atoms with Gasteiger partial charge in [-0.15, -0.1) is 10.2 Å². The summed E-state index contributed by atoms with van der Waals surface area (Å²) in [5.74, 6) is 5.87. The number of amides is 2. The molecule has 0 unspecified atom stereocenters. The number of anilines is 1. The van der Waals surface area contributed by atoms with E-state index in [9.17, 15) is 22.8 Å². The van der Waals surface area contributed by atoms with Gasteiger partial charge in [0.15, 0.2) is 11.5 Å². The third-order valence-electron chi connectivity index (χ3n) is 6.69. The lowest BCUT2D eigenvalue weighted by molar-refractivity contribution is -0.137. The summed E-state index contributed by atoms with van der Waals surface area (Å²) in [4.78, 5) is 34.9. The number of alkyl halides is 3. The molecule has 4 rings (SSSR count). The first-order chi connectivity index (χ1) is 20.1. The van der Waals surface area contributed by atoms with Crippen LogP contribution in [0.1, 0.15) is 58.3 Å². The molecule has 1 aliphatic rings. The molecular formula is C30H31F3N6O3. The summed E-state index contributed by atoms with van der Waals surface area (Å²) in [5, 5.41) is 8.26. The zero-order chi connectivity index (χ0) is 30.3. The van der Waals surface area contributed by atoms with E-state index in [1.807, 2.05) is 25.7 Å². The summed E-state index contributed by atoms with van der Waals surface area (Å²) in [6, 6.07) is 8.12. The molecule has 9 nitrogen and oxygen atoms in total. The summed E-state index contributed by atoms with van der Waals surface area (Å²) < 4.78 is 46.5. The highest BCUT2D eigenvalue weighted by atomic mass is 19.4. The largest absolute Gasteiger partial charge is 0.492 e. The molecule has 0 aliphatic carbocycles. The zero-order valence-corrected chi connectivity index (χ0v) is 23.6. The number of carbonyl (C=O) groups is 2. The molecule has 3 aromatic rings. The van der Waals surface area contributed by atoms with E-state index in [1.54, 1.807) is 23.1 Å². The Morgan fingerprint density at radius 1 is 0.929 bits per heavy atom. The maximum Gasteiger partial charge on any atom is 0.416 e. The van der Waals surface area contributed by atoms with Crippen LogP contribution in [-0.4, -0.2) is 82.7 Å². The van der Waals surface area contributed by atoms with Crippen LogP contribution in [0.25, 0.3) is 0 Å². The number of carbonyl (C=O) groups excluding carboxylic acids is 2. The van der Waals surface area contributed by atoms with Crippen LogP contribution in [0.2, 0.25) is 0 Å². The fourth-order valence-electron chi connectivity index (χ4n) is 4.47. The summed E-state index contributed by atoms with van der Waals surface area (Å²) in [5.41, 5.74) is -0.271. The predicted molar refractivity (Wildman–Crippen MR) is 150 cm³/mol. The standard InChI is InChI=1S/C30H31F3N6O3/c1-4-37(5-2)29(41)26-9-10-27(36-35-26)38-11-13-39(14-12-38)28(40)23-15-21(16-24(18-23)30(31,32)33)7-8-22-17-25(42-6-3)20-34-19-22/h9-10,15-20H,4-6,11-14H2,1-3H3. The molecule has 0 saturated carbocycles. The predicted octanol–water partition coefficient (Wildman–Crippen LogP) is 4.13. The van der Waals surface area contributed by atoms with Crippen molar-refractivity contribution in [3.05, 3.63) is 76.7 Å².